The van der Waals surface area contributed by atoms with Gasteiger partial charge in [0.1, 0.15) is 0 Å². The number of rotatable bonds is 5. The Morgan fingerprint density at radius 3 is 2.68 bits per heavy atom. The molecule has 150 valence electrons. The monoisotopic (exact) mass is 383 g/mol. The Morgan fingerprint density at radius 2 is 1.93 bits per heavy atom. The lowest BCUT2D eigenvalue weighted by molar-refractivity contribution is -0.126. The lowest BCUT2D eigenvalue weighted by Gasteiger charge is -2.28. The first-order valence-electron chi connectivity index (χ1n) is 10.4. The number of benzene rings is 1. The van der Waals surface area contributed by atoms with E-state index >= 15 is 0 Å². The van der Waals surface area contributed by atoms with Gasteiger partial charge in [0.15, 0.2) is 0 Å². The molecule has 0 spiro atoms. The second-order valence-corrected chi connectivity index (χ2v) is 8.07. The zero-order valence-corrected chi connectivity index (χ0v) is 16.4. The summed E-state index contributed by atoms with van der Waals surface area (Å²) in [5, 5.41) is 7.19. The van der Waals surface area contributed by atoms with Crippen LogP contribution in [0.3, 0.4) is 0 Å². The van der Waals surface area contributed by atoms with Crippen molar-refractivity contribution < 1.29 is 14.3 Å². The van der Waals surface area contributed by atoms with Crippen LogP contribution < -0.4 is 10.6 Å². The summed E-state index contributed by atoms with van der Waals surface area (Å²) in [6, 6.07) is 8.08. The molecule has 6 nitrogen and oxygen atoms in total. The van der Waals surface area contributed by atoms with Gasteiger partial charge in [-0.25, -0.2) is 0 Å². The van der Waals surface area contributed by atoms with Crippen LogP contribution in [0.15, 0.2) is 30.5 Å². The van der Waals surface area contributed by atoms with Gasteiger partial charge in [-0.1, -0.05) is 18.2 Å². The Morgan fingerprint density at radius 1 is 1.14 bits per heavy atom. The minimum atomic E-state index is -0.0249. The summed E-state index contributed by atoms with van der Waals surface area (Å²) in [4.78, 5) is 25.2. The van der Waals surface area contributed by atoms with Crippen molar-refractivity contribution in [2.75, 3.05) is 13.2 Å². The summed E-state index contributed by atoms with van der Waals surface area (Å²) in [5.41, 5.74) is 1.77. The summed E-state index contributed by atoms with van der Waals surface area (Å²) in [5.74, 6) is 0.157. The third-order valence-electron chi connectivity index (χ3n) is 6.10. The topological polar surface area (TPSA) is 72.4 Å². The molecule has 2 N–H and O–H groups in total. The van der Waals surface area contributed by atoms with Gasteiger partial charge in [-0.2, -0.15) is 0 Å². The van der Waals surface area contributed by atoms with Crippen molar-refractivity contribution in [2.24, 2.45) is 13.0 Å². The number of amides is 2. The molecule has 28 heavy (non-hydrogen) atoms. The Kier molecular flexibility index (Phi) is 5.67. The van der Waals surface area contributed by atoms with Gasteiger partial charge >= 0.3 is 0 Å². The van der Waals surface area contributed by atoms with Crippen LogP contribution in [0.5, 0.6) is 0 Å². The molecule has 6 heteroatoms. The van der Waals surface area contributed by atoms with Crippen molar-refractivity contribution in [1.82, 2.24) is 15.2 Å². The van der Waals surface area contributed by atoms with Gasteiger partial charge in [0.05, 0.1) is 11.7 Å². The highest BCUT2D eigenvalue weighted by atomic mass is 16.5. The second kappa shape index (κ2) is 8.35. The van der Waals surface area contributed by atoms with Gasteiger partial charge in [-0.15, -0.1) is 0 Å². The van der Waals surface area contributed by atoms with Crippen molar-refractivity contribution in [3.05, 3.63) is 36.0 Å². The fourth-order valence-corrected chi connectivity index (χ4v) is 4.45. The quantitative estimate of drug-likeness (QED) is 0.834. The number of nitrogens with one attached hydrogen (secondary N) is 2. The highest BCUT2D eigenvalue weighted by Crippen LogP contribution is 2.26. The molecule has 4 rings (SSSR count). The van der Waals surface area contributed by atoms with E-state index in [2.05, 4.69) is 10.6 Å². The van der Waals surface area contributed by atoms with Crippen LogP contribution in [0.4, 0.5) is 0 Å². The van der Waals surface area contributed by atoms with E-state index in [1.807, 2.05) is 42.1 Å². The fourth-order valence-electron chi connectivity index (χ4n) is 4.45. The van der Waals surface area contributed by atoms with E-state index in [4.69, 9.17) is 4.74 Å². The average molecular weight is 383 g/mol. The van der Waals surface area contributed by atoms with Crippen molar-refractivity contribution in [3.63, 3.8) is 0 Å². The minimum absolute atomic E-state index is 0.0249. The zero-order valence-electron chi connectivity index (χ0n) is 16.4. The third-order valence-corrected chi connectivity index (χ3v) is 6.10. The maximum atomic E-state index is 12.8. The molecule has 0 radical (unpaired) electrons. The number of para-hydroxylation sites is 1. The lowest BCUT2D eigenvalue weighted by atomic mass is 9.85. The van der Waals surface area contributed by atoms with Crippen molar-refractivity contribution in [2.45, 2.75) is 50.7 Å². The number of carbonyl (C=O) groups excluding carboxylic acids is 2. The maximum Gasteiger partial charge on any atom is 0.253 e. The van der Waals surface area contributed by atoms with Crippen molar-refractivity contribution in [3.8, 4) is 0 Å². The van der Waals surface area contributed by atoms with Crippen LogP contribution in [0, 0.1) is 5.92 Å². The molecule has 2 fully saturated rings. The molecule has 1 aromatic heterocycles. The van der Waals surface area contributed by atoms with E-state index in [1.165, 1.54) is 0 Å². The van der Waals surface area contributed by atoms with Crippen molar-refractivity contribution in [1.29, 1.82) is 0 Å². The van der Waals surface area contributed by atoms with Gasteiger partial charge in [0.2, 0.25) is 5.91 Å². The van der Waals surface area contributed by atoms with Gasteiger partial charge in [0.25, 0.3) is 5.91 Å². The number of fused-ring (bicyclic) bond motifs is 1. The molecule has 0 bridgehead atoms. The van der Waals surface area contributed by atoms with Crippen LogP contribution in [-0.4, -0.2) is 41.7 Å². The Hall–Kier alpha value is -2.34. The Labute approximate surface area is 165 Å². The summed E-state index contributed by atoms with van der Waals surface area (Å²) in [6.45, 7) is 1.43. The van der Waals surface area contributed by atoms with E-state index in [0.29, 0.717) is 6.54 Å². The van der Waals surface area contributed by atoms with Crippen LogP contribution in [0.25, 0.3) is 10.9 Å². The predicted molar refractivity (Wildman–Crippen MR) is 108 cm³/mol. The summed E-state index contributed by atoms with van der Waals surface area (Å²) in [7, 11) is 1.96. The van der Waals surface area contributed by atoms with Gasteiger partial charge in [-0.3, -0.25) is 9.59 Å². The van der Waals surface area contributed by atoms with E-state index in [0.717, 1.165) is 61.6 Å². The minimum Gasteiger partial charge on any atom is -0.376 e. The lowest BCUT2D eigenvalue weighted by Crippen LogP contribution is -2.42. The normalized spacial score (nSPS) is 25.0. The Balaban J connectivity index is 1.28. The van der Waals surface area contributed by atoms with Crippen LogP contribution in [0.1, 0.15) is 48.9 Å². The van der Waals surface area contributed by atoms with Gasteiger partial charge in [0, 0.05) is 49.3 Å². The first-order chi connectivity index (χ1) is 13.6. The number of aryl methyl sites for hydroxylation is 1. The molecule has 1 aromatic carbocycles. The SMILES string of the molecule is Cn1cc(C(=O)NC2CCC(C(=O)NCC3CCCO3)CC2)c2ccccc21. The first-order valence-corrected chi connectivity index (χ1v) is 10.4. The van der Waals surface area contributed by atoms with Crippen LogP contribution in [-0.2, 0) is 16.6 Å². The van der Waals surface area contributed by atoms with Gasteiger partial charge < -0.3 is 19.9 Å². The van der Waals surface area contributed by atoms with E-state index in [9.17, 15) is 9.59 Å². The fraction of sp³-hybridized carbons (Fsp3) is 0.545. The molecule has 1 atom stereocenters. The number of nitrogens with zero attached hydrogens (tertiary/aromatic N) is 1. The first kappa shape index (κ1) is 19.0. The van der Waals surface area contributed by atoms with E-state index in [1.54, 1.807) is 0 Å². The molecule has 2 aliphatic rings. The summed E-state index contributed by atoms with van der Waals surface area (Å²) < 4.78 is 7.55. The molecular weight excluding hydrogens is 354 g/mol. The predicted octanol–water partition coefficient (Wildman–Crippen LogP) is 2.76. The number of hydrogen-bond acceptors (Lipinski definition) is 3. The molecular formula is C22H29N3O3. The largest absolute Gasteiger partial charge is 0.376 e. The molecule has 2 aromatic rings. The maximum absolute atomic E-state index is 12.8. The summed E-state index contributed by atoms with van der Waals surface area (Å²) in [6.07, 6.45) is 7.51. The van der Waals surface area contributed by atoms with E-state index in [-0.39, 0.29) is 29.9 Å². The standard InChI is InChI=1S/C22H29N3O3/c1-25-14-19(18-6-2-3-7-20(18)25)22(27)24-16-10-8-15(9-11-16)21(26)23-13-17-5-4-12-28-17/h2-3,6-7,14-17H,4-5,8-13H2,1H3,(H,23,26)(H,24,27). The number of hydrogen-bond donors (Lipinski definition) is 2. The van der Waals surface area contributed by atoms with Crippen LogP contribution >= 0.6 is 0 Å². The molecule has 1 aliphatic heterocycles. The summed E-state index contributed by atoms with van der Waals surface area (Å²) >= 11 is 0. The zero-order chi connectivity index (χ0) is 19.5. The van der Waals surface area contributed by atoms with E-state index < -0.39 is 0 Å². The van der Waals surface area contributed by atoms with Crippen molar-refractivity contribution >= 4 is 22.7 Å². The number of aromatic nitrogens is 1. The Bertz CT molecular complexity index is 846. The second-order valence-electron chi connectivity index (χ2n) is 8.07. The molecule has 2 heterocycles. The number of carbonyl (C=O) groups is 2. The average Bonchev–Trinajstić information content (AvgIpc) is 3.35. The molecule has 1 unspecified atom stereocenters. The highest BCUT2D eigenvalue weighted by molar-refractivity contribution is 6.07. The third kappa shape index (κ3) is 4.07. The molecule has 2 amide bonds. The van der Waals surface area contributed by atoms with Crippen LogP contribution in [0.2, 0.25) is 0 Å². The molecule has 1 saturated carbocycles. The smallest absolute Gasteiger partial charge is 0.253 e. The number of ether oxygens (including phenoxy) is 1. The highest BCUT2D eigenvalue weighted by Gasteiger charge is 2.28. The van der Waals surface area contributed by atoms with Gasteiger partial charge in [-0.05, 0) is 44.6 Å². The molecule has 1 saturated heterocycles. The molecule has 1 aliphatic carbocycles.